The van der Waals surface area contributed by atoms with Gasteiger partial charge in [-0.3, -0.25) is 4.98 Å². The first-order chi connectivity index (χ1) is 6.42. The molecular weight excluding hydrogens is 231 g/mol. The lowest BCUT2D eigenvalue weighted by atomic mass is 10.1. The molecule has 2 rings (SSSR count). The molecular formula is C11H14Cl2N2. The minimum Gasteiger partial charge on any atom is -0.316 e. The molecule has 0 aliphatic heterocycles. The van der Waals surface area contributed by atoms with Gasteiger partial charge in [0.15, 0.2) is 0 Å². The van der Waals surface area contributed by atoms with Crippen molar-refractivity contribution in [2.24, 2.45) is 0 Å². The summed E-state index contributed by atoms with van der Waals surface area (Å²) in [5.74, 6) is 0. The second-order valence-corrected chi connectivity index (χ2v) is 3.02. The van der Waals surface area contributed by atoms with Gasteiger partial charge in [-0.25, -0.2) is 0 Å². The van der Waals surface area contributed by atoms with Crippen LogP contribution in [0.5, 0.6) is 0 Å². The molecule has 0 radical (unpaired) electrons. The highest BCUT2D eigenvalue weighted by Gasteiger charge is 1.98. The molecule has 1 aromatic heterocycles. The van der Waals surface area contributed by atoms with E-state index in [1.807, 2.05) is 19.3 Å². The molecule has 82 valence electrons. The highest BCUT2D eigenvalue weighted by molar-refractivity contribution is 5.85. The second-order valence-electron chi connectivity index (χ2n) is 3.02. The normalized spacial score (nSPS) is 9.13. The average Bonchev–Trinajstić information content (AvgIpc) is 2.19. The minimum absolute atomic E-state index is 0. The van der Waals surface area contributed by atoms with E-state index < -0.39 is 0 Å². The summed E-state index contributed by atoms with van der Waals surface area (Å²) in [6.45, 7) is 0.869. The van der Waals surface area contributed by atoms with E-state index >= 15 is 0 Å². The zero-order chi connectivity index (χ0) is 9.10. The van der Waals surface area contributed by atoms with Gasteiger partial charge in [0.2, 0.25) is 0 Å². The number of rotatable bonds is 2. The molecule has 0 saturated heterocycles. The topological polar surface area (TPSA) is 24.9 Å². The van der Waals surface area contributed by atoms with Crippen molar-refractivity contribution in [1.29, 1.82) is 0 Å². The summed E-state index contributed by atoms with van der Waals surface area (Å²) >= 11 is 0. The molecule has 1 N–H and O–H groups in total. The van der Waals surface area contributed by atoms with Crippen LogP contribution in [0.2, 0.25) is 0 Å². The number of benzene rings is 1. The van der Waals surface area contributed by atoms with Crippen molar-refractivity contribution in [2.45, 2.75) is 6.54 Å². The fourth-order valence-corrected chi connectivity index (χ4v) is 1.50. The van der Waals surface area contributed by atoms with Crippen molar-refractivity contribution < 1.29 is 0 Å². The lowest BCUT2D eigenvalue weighted by Crippen LogP contribution is -2.05. The molecule has 0 spiro atoms. The lowest BCUT2D eigenvalue weighted by Gasteiger charge is -2.03. The number of para-hydroxylation sites is 1. The van der Waals surface area contributed by atoms with Gasteiger partial charge in [0.1, 0.15) is 0 Å². The molecule has 4 heteroatoms. The Morgan fingerprint density at radius 3 is 2.60 bits per heavy atom. The Hall–Kier alpha value is -0.830. The van der Waals surface area contributed by atoms with Crippen LogP contribution in [0.3, 0.4) is 0 Å². The Bertz CT molecular complexity index is 413. The molecule has 15 heavy (non-hydrogen) atoms. The summed E-state index contributed by atoms with van der Waals surface area (Å²) in [4.78, 5) is 4.36. The zero-order valence-electron chi connectivity index (χ0n) is 8.43. The Kier molecular flexibility index (Phi) is 6.25. The number of pyridine rings is 1. The largest absolute Gasteiger partial charge is 0.316 e. The van der Waals surface area contributed by atoms with Crippen LogP contribution in [0.1, 0.15) is 5.56 Å². The smallest absolute Gasteiger partial charge is 0.0746 e. The maximum absolute atomic E-state index is 4.36. The fourth-order valence-electron chi connectivity index (χ4n) is 1.50. The molecule has 2 aromatic rings. The van der Waals surface area contributed by atoms with Crippen LogP contribution >= 0.6 is 24.8 Å². The number of nitrogens with zero attached hydrogens (tertiary/aromatic N) is 1. The number of fused-ring (bicyclic) bond motifs is 1. The summed E-state index contributed by atoms with van der Waals surface area (Å²) in [5.41, 5.74) is 2.35. The highest BCUT2D eigenvalue weighted by atomic mass is 35.5. The summed E-state index contributed by atoms with van der Waals surface area (Å²) in [6, 6.07) is 10.3. The number of hydrogen-bond donors (Lipinski definition) is 1. The van der Waals surface area contributed by atoms with Crippen LogP contribution in [0.15, 0.2) is 36.5 Å². The van der Waals surface area contributed by atoms with Gasteiger partial charge >= 0.3 is 0 Å². The highest BCUT2D eigenvalue weighted by Crippen LogP contribution is 2.15. The summed E-state index contributed by atoms with van der Waals surface area (Å²) < 4.78 is 0. The van der Waals surface area contributed by atoms with Crippen molar-refractivity contribution in [3.8, 4) is 0 Å². The number of nitrogens with one attached hydrogen (secondary N) is 1. The van der Waals surface area contributed by atoms with Gasteiger partial charge in [-0.15, -0.1) is 24.8 Å². The predicted molar refractivity (Wildman–Crippen MR) is 69.0 cm³/mol. The molecule has 0 unspecified atom stereocenters. The number of hydrogen-bond acceptors (Lipinski definition) is 2. The van der Waals surface area contributed by atoms with Gasteiger partial charge in [-0.2, -0.15) is 0 Å². The predicted octanol–water partition coefficient (Wildman–Crippen LogP) is 2.80. The molecule has 2 nitrogen and oxygen atoms in total. The van der Waals surface area contributed by atoms with E-state index in [-0.39, 0.29) is 24.8 Å². The van der Waals surface area contributed by atoms with E-state index in [0.29, 0.717) is 0 Å². The van der Waals surface area contributed by atoms with Crippen LogP contribution in [-0.4, -0.2) is 12.0 Å². The van der Waals surface area contributed by atoms with E-state index in [9.17, 15) is 0 Å². The zero-order valence-corrected chi connectivity index (χ0v) is 10.1. The van der Waals surface area contributed by atoms with Crippen molar-refractivity contribution in [3.63, 3.8) is 0 Å². The summed E-state index contributed by atoms with van der Waals surface area (Å²) in [5, 5.41) is 4.34. The molecule has 0 bridgehead atoms. The summed E-state index contributed by atoms with van der Waals surface area (Å²) in [7, 11) is 1.95. The third-order valence-electron chi connectivity index (χ3n) is 2.08. The van der Waals surface area contributed by atoms with E-state index in [0.717, 1.165) is 12.1 Å². The molecule has 1 aromatic carbocycles. The maximum Gasteiger partial charge on any atom is 0.0746 e. The molecule has 0 aliphatic carbocycles. The first-order valence-electron chi connectivity index (χ1n) is 4.39. The quantitative estimate of drug-likeness (QED) is 0.879. The monoisotopic (exact) mass is 244 g/mol. The Morgan fingerprint density at radius 1 is 1.13 bits per heavy atom. The Balaban J connectivity index is 0.000000980. The van der Waals surface area contributed by atoms with Crippen molar-refractivity contribution in [1.82, 2.24) is 10.3 Å². The van der Waals surface area contributed by atoms with Gasteiger partial charge in [-0.1, -0.05) is 24.3 Å². The fraction of sp³-hybridized carbons (Fsp3) is 0.182. The van der Waals surface area contributed by atoms with Crippen molar-refractivity contribution in [2.75, 3.05) is 7.05 Å². The van der Waals surface area contributed by atoms with Crippen molar-refractivity contribution >= 4 is 35.7 Å². The lowest BCUT2D eigenvalue weighted by molar-refractivity contribution is 0.822. The SMILES string of the molecule is CNCc1cccc2cccnc12.Cl.Cl. The van der Waals surface area contributed by atoms with Crippen molar-refractivity contribution in [3.05, 3.63) is 42.1 Å². The second kappa shape index (κ2) is 6.62. The van der Waals surface area contributed by atoms with E-state index in [2.05, 4.69) is 34.6 Å². The molecule has 0 saturated carbocycles. The standard InChI is InChI=1S/C11H12N2.2ClH/c1-12-8-10-5-2-4-9-6-3-7-13-11(9)10;;/h2-7,12H,8H2,1H3;2*1H. The molecule has 0 fully saturated rings. The van der Waals surface area contributed by atoms with Crippen LogP contribution in [0.25, 0.3) is 10.9 Å². The van der Waals surface area contributed by atoms with Gasteiger partial charge in [0.05, 0.1) is 5.52 Å². The Labute approximate surface area is 102 Å². The first kappa shape index (κ1) is 14.2. The Morgan fingerprint density at radius 2 is 1.87 bits per heavy atom. The van der Waals surface area contributed by atoms with E-state index in [1.165, 1.54) is 10.9 Å². The third-order valence-corrected chi connectivity index (χ3v) is 2.08. The van der Waals surface area contributed by atoms with Crippen LogP contribution in [0.4, 0.5) is 0 Å². The first-order valence-corrected chi connectivity index (χ1v) is 4.39. The average molecular weight is 245 g/mol. The van der Waals surface area contributed by atoms with Gasteiger partial charge in [0.25, 0.3) is 0 Å². The molecule has 0 amide bonds. The minimum atomic E-state index is 0. The van der Waals surface area contributed by atoms with E-state index in [4.69, 9.17) is 0 Å². The van der Waals surface area contributed by atoms with Gasteiger partial charge < -0.3 is 5.32 Å². The maximum atomic E-state index is 4.36. The van der Waals surface area contributed by atoms with Crippen LogP contribution in [-0.2, 0) is 6.54 Å². The third kappa shape index (κ3) is 3.06. The van der Waals surface area contributed by atoms with Crippen LogP contribution < -0.4 is 5.32 Å². The van der Waals surface area contributed by atoms with Crippen LogP contribution in [0, 0.1) is 0 Å². The van der Waals surface area contributed by atoms with Gasteiger partial charge in [0, 0.05) is 18.1 Å². The molecule has 1 heterocycles. The van der Waals surface area contributed by atoms with E-state index in [1.54, 1.807) is 0 Å². The number of halogens is 2. The molecule has 0 aliphatic rings. The molecule has 0 atom stereocenters. The summed E-state index contributed by atoms with van der Waals surface area (Å²) in [6.07, 6.45) is 1.83. The number of aromatic nitrogens is 1. The van der Waals surface area contributed by atoms with Gasteiger partial charge in [-0.05, 0) is 18.7 Å².